The lowest BCUT2D eigenvalue weighted by Gasteiger charge is -2.31. The Morgan fingerprint density at radius 1 is 0.951 bits per heavy atom. The zero-order chi connectivity index (χ0) is 28.3. The highest BCUT2D eigenvalue weighted by Crippen LogP contribution is 2.34. The van der Waals surface area contributed by atoms with E-state index in [2.05, 4.69) is 20.5 Å². The van der Waals surface area contributed by atoms with Gasteiger partial charge in [0, 0.05) is 42.3 Å². The summed E-state index contributed by atoms with van der Waals surface area (Å²) in [4.78, 5) is 32.6. The standard InChI is InChI=1S/C28H37Cl2N9O2/c29-17-5-10-23(22(30)15-17)35-28(40)41-38-13-11-20(12-14-38)33-25-24-26(39(16-32-24)21-3-1-2-4-21)37-27(36-25)34-19-8-6-18(31)7-9-19/h5,10,15-16,18-21H,1-4,6-9,11-14,31H2,(H,35,40)(H2,33,34,36,37)/t18-,19-. The monoisotopic (exact) mass is 601 g/mol. The molecule has 1 aliphatic heterocycles. The van der Waals surface area contributed by atoms with Gasteiger partial charge < -0.3 is 25.8 Å². The average molecular weight is 603 g/mol. The molecule has 0 atom stereocenters. The van der Waals surface area contributed by atoms with Crippen molar-refractivity contribution in [1.29, 1.82) is 0 Å². The fourth-order valence-electron chi connectivity index (χ4n) is 6.10. The van der Waals surface area contributed by atoms with E-state index >= 15 is 0 Å². The maximum atomic E-state index is 12.4. The molecule has 0 unspecified atom stereocenters. The molecular formula is C28H37Cl2N9O2. The molecular weight excluding hydrogens is 565 g/mol. The maximum Gasteiger partial charge on any atom is 0.430 e. The molecule has 1 aromatic carbocycles. The number of carbonyl (C=O) groups is 1. The molecule has 220 valence electrons. The van der Waals surface area contributed by atoms with Crippen LogP contribution in [0.3, 0.4) is 0 Å². The fraction of sp³-hybridized carbons (Fsp3) is 0.571. The quantitative estimate of drug-likeness (QED) is 0.258. The predicted molar refractivity (Wildman–Crippen MR) is 161 cm³/mol. The van der Waals surface area contributed by atoms with Crippen molar-refractivity contribution in [2.24, 2.45) is 5.73 Å². The molecule has 2 saturated carbocycles. The minimum absolute atomic E-state index is 0.152. The number of amides is 1. The van der Waals surface area contributed by atoms with Gasteiger partial charge >= 0.3 is 6.09 Å². The van der Waals surface area contributed by atoms with Gasteiger partial charge in [-0.15, -0.1) is 5.06 Å². The van der Waals surface area contributed by atoms with E-state index in [1.54, 1.807) is 23.3 Å². The molecule has 0 spiro atoms. The highest BCUT2D eigenvalue weighted by Gasteiger charge is 2.27. The molecule has 2 aromatic heterocycles. The van der Waals surface area contributed by atoms with E-state index in [0.717, 1.165) is 68.3 Å². The molecule has 3 heterocycles. The Morgan fingerprint density at radius 2 is 1.68 bits per heavy atom. The molecule has 6 rings (SSSR count). The maximum absolute atomic E-state index is 12.4. The molecule has 0 radical (unpaired) electrons. The lowest BCUT2D eigenvalue weighted by atomic mass is 9.92. The van der Waals surface area contributed by atoms with Crippen LogP contribution in [-0.2, 0) is 4.84 Å². The molecule has 3 aliphatic rings. The third-order valence-corrected chi connectivity index (χ3v) is 8.97. The Bertz CT molecular complexity index is 1360. The van der Waals surface area contributed by atoms with Gasteiger partial charge in [0.2, 0.25) is 5.95 Å². The lowest BCUT2D eigenvalue weighted by molar-refractivity contribution is -0.106. The molecule has 11 nitrogen and oxygen atoms in total. The van der Waals surface area contributed by atoms with Crippen molar-refractivity contribution >= 4 is 57.9 Å². The summed E-state index contributed by atoms with van der Waals surface area (Å²) in [5.74, 6) is 1.38. The largest absolute Gasteiger partial charge is 0.430 e. The predicted octanol–water partition coefficient (Wildman–Crippen LogP) is 5.97. The van der Waals surface area contributed by atoms with Crippen LogP contribution in [-0.4, -0.2) is 61.9 Å². The van der Waals surface area contributed by atoms with E-state index in [9.17, 15) is 4.79 Å². The molecule has 5 N–H and O–H groups in total. The molecule has 1 amide bonds. The van der Waals surface area contributed by atoms with Crippen LogP contribution in [0.15, 0.2) is 24.5 Å². The summed E-state index contributed by atoms with van der Waals surface area (Å²) in [5.41, 5.74) is 8.25. The number of nitrogens with one attached hydrogen (secondary N) is 3. The Balaban J connectivity index is 1.11. The number of rotatable bonds is 7. The van der Waals surface area contributed by atoms with Crippen LogP contribution in [0.5, 0.6) is 0 Å². The first kappa shape index (κ1) is 28.3. The molecule has 41 heavy (non-hydrogen) atoms. The number of carbonyl (C=O) groups excluding carboxylic acids is 1. The topological polar surface area (TPSA) is 135 Å². The van der Waals surface area contributed by atoms with Gasteiger partial charge in [-0.1, -0.05) is 36.0 Å². The van der Waals surface area contributed by atoms with Crippen molar-refractivity contribution in [3.63, 3.8) is 0 Å². The number of anilines is 3. The normalized spacial score (nSPS) is 22.6. The molecule has 2 aliphatic carbocycles. The second-order valence-corrected chi connectivity index (χ2v) is 12.2. The summed E-state index contributed by atoms with van der Waals surface area (Å²) < 4.78 is 2.24. The average Bonchev–Trinajstić information content (AvgIpc) is 3.63. The van der Waals surface area contributed by atoms with Gasteiger partial charge in [-0.05, 0) is 69.6 Å². The summed E-state index contributed by atoms with van der Waals surface area (Å²) >= 11 is 12.1. The van der Waals surface area contributed by atoms with E-state index in [0.29, 0.717) is 46.9 Å². The van der Waals surface area contributed by atoms with E-state index in [1.165, 1.54) is 12.8 Å². The lowest BCUT2D eigenvalue weighted by Crippen LogP contribution is -2.41. The van der Waals surface area contributed by atoms with Gasteiger partial charge in [0.05, 0.1) is 17.0 Å². The minimum Gasteiger partial charge on any atom is -0.365 e. The van der Waals surface area contributed by atoms with E-state index in [4.69, 9.17) is 48.7 Å². The number of hydrogen-bond acceptors (Lipinski definition) is 9. The van der Waals surface area contributed by atoms with Crippen LogP contribution in [0, 0.1) is 0 Å². The number of piperidine rings is 1. The minimum atomic E-state index is -0.588. The highest BCUT2D eigenvalue weighted by molar-refractivity contribution is 6.36. The fourth-order valence-corrected chi connectivity index (χ4v) is 6.56. The van der Waals surface area contributed by atoms with Gasteiger partial charge in [-0.3, -0.25) is 5.32 Å². The first-order valence-electron chi connectivity index (χ1n) is 14.6. The molecule has 0 bridgehead atoms. The molecule has 3 fully saturated rings. The van der Waals surface area contributed by atoms with Crippen molar-refractivity contribution in [3.05, 3.63) is 34.6 Å². The number of fused-ring (bicyclic) bond motifs is 1. The van der Waals surface area contributed by atoms with Crippen LogP contribution < -0.4 is 21.7 Å². The summed E-state index contributed by atoms with van der Waals surface area (Å²) in [6, 6.07) is 6.06. The number of halogens is 2. The van der Waals surface area contributed by atoms with Crippen LogP contribution in [0.2, 0.25) is 10.0 Å². The first-order chi connectivity index (χ1) is 19.9. The highest BCUT2D eigenvalue weighted by atomic mass is 35.5. The molecule has 3 aromatic rings. The number of aromatic nitrogens is 4. The van der Waals surface area contributed by atoms with Crippen molar-refractivity contribution in [1.82, 2.24) is 24.6 Å². The van der Waals surface area contributed by atoms with Crippen molar-refractivity contribution in [3.8, 4) is 0 Å². The summed E-state index contributed by atoms with van der Waals surface area (Å²) in [5, 5.41) is 12.4. The van der Waals surface area contributed by atoms with E-state index in [1.807, 2.05) is 6.33 Å². The van der Waals surface area contributed by atoms with E-state index < -0.39 is 6.09 Å². The van der Waals surface area contributed by atoms with Crippen LogP contribution >= 0.6 is 23.2 Å². The van der Waals surface area contributed by atoms with Gasteiger partial charge in [0.1, 0.15) is 0 Å². The van der Waals surface area contributed by atoms with Crippen LogP contribution in [0.25, 0.3) is 11.2 Å². The summed E-state index contributed by atoms with van der Waals surface area (Å²) in [6.07, 6.45) is 11.7. The number of nitrogens with two attached hydrogens (primary N) is 1. The van der Waals surface area contributed by atoms with Gasteiger partial charge in [0.15, 0.2) is 17.0 Å². The third kappa shape index (κ3) is 6.80. The van der Waals surface area contributed by atoms with E-state index in [-0.39, 0.29) is 12.1 Å². The van der Waals surface area contributed by atoms with Crippen LogP contribution in [0.4, 0.5) is 22.2 Å². The third-order valence-electron chi connectivity index (χ3n) is 8.42. The van der Waals surface area contributed by atoms with Crippen LogP contribution in [0.1, 0.15) is 70.3 Å². The Labute approximate surface area is 249 Å². The number of imidazole rings is 1. The van der Waals surface area contributed by atoms with Gasteiger partial charge in [0.25, 0.3) is 0 Å². The van der Waals surface area contributed by atoms with Crippen molar-refractivity contribution in [2.75, 3.05) is 29.0 Å². The number of benzene rings is 1. The zero-order valence-corrected chi connectivity index (χ0v) is 24.5. The molecule has 1 saturated heterocycles. The number of hydroxylamine groups is 2. The van der Waals surface area contributed by atoms with Crippen molar-refractivity contribution < 1.29 is 9.63 Å². The first-order valence-corrected chi connectivity index (χ1v) is 15.4. The Kier molecular flexibility index (Phi) is 8.66. The van der Waals surface area contributed by atoms with Crippen molar-refractivity contribution in [2.45, 2.75) is 88.4 Å². The zero-order valence-electron chi connectivity index (χ0n) is 23.0. The second-order valence-electron chi connectivity index (χ2n) is 11.4. The van der Waals surface area contributed by atoms with Gasteiger partial charge in [-0.2, -0.15) is 9.97 Å². The SMILES string of the molecule is N[C@H]1CC[C@H](Nc2nc(NC3CCN(OC(=O)Nc4ccc(Cl)cc4Cl)CC3)c3ncn(C4CCCC4)c3n2)CC1. The Hall–Kier alpha value is -2.86. The summed E-state index contributed by atoms with van der Waals surface area (Å²) in [6.45, 7) is 1.16. The molecule has 13 heteroatoms. The number of nitrogens with zero attached hydrogens (tertiary/aromatic N) is 5. The summed E-state index contributed by atoms with van der Waals surface area (Å²) in [7, 11) is 0. The second kappa shape index (κ2) is 12.6. The Morgan fingerprint density at radius 3 is 2.41 bits per heavy atom. The van der Waals surface area contributed by atoms with Gasteiger partial charge in [-0.25, -0.2) is 9.78 Å². The number of hydrogen-bond donors (Lipinski definition) is 4. The smallest absolute Gasteiger partial charge is 0.365 e.